The molecule has 0 atom stereocenters. The molecular weight excluding hydrogens is 262 g/mol. The molecule has 1 fully saturated rings. The number of hydrogen-bond donors (Lipinski definition) is 2. The van der Waals surface area contributed by atoms with Crippen molar-refractivity contribution >= 4 is 15.7 Å². The number of hydrogen-bond acceptors (Lipinski definition) is 3. The second-order valence-electron chi connectivity index (χ2n) is 4.91. The third-order valence-electron chi connectivity index (χ3n) is 3.17. The number of sulfonamides is 1. The van der Waals surface area contributed by atoms with Crippen LogP contribution in [0.2, 0.25) is 0 Å². The summed E-state index contributed by atoms with van der Waals surface area (Å²) in [5, 5.41) is 0. The van der Waals surface area contributed by atoms with Gasteiger partial charge in [-0.15, -0.1) is 0 Å². The van der Waals surface area contributed by atoms with Gasteiger partial charge in [0, 0.05) is 6.54 Å². The molecule has 100 valence electrons. The third-order valence-corrected chi connectivity index (χ3v) is 4.59. The highest BCUT2D eigenvalue weighted by molar-refractivity contribution is 7.89. The Labute approximate surface area is 104 Å². The van der Waals surface area contributed by atoms with E-state index in [2.05, 4.69) is 4.72 Å². The summed E-state index contributed by atoms with van der Waals surface area (Å²) in [6.45, 7) is 2.18. The van der Waals surface area contributed by atoms with Crippen LogP contribution < -0.4 is 10.5 Å². The van der Waals surface area contributed by atoms with Gasteiger partial charge in [0.05, 0.1) is 0 Å². The van der Waals surface area contributed by atoms with Gasteiger partial charge in [-0.05, 0) is 30.4 Å². The van der Waals surface area contributed by atoms with Crippen molar-refractivity contribution in [3.8, 4) is 0 Å². The topological polar surface area (TPSA) is 72.2 Å². The Morgan fingerprint density at radius 2 is 2.00 bits per heavy atom. The van der Waals surface area contributed by atoms with Crippen LogP contribution in [-0.2, 0) is 10.0 Å². The first-order valence-corrected chi connectivity index (χ1v) is 6.97. The molecule has 18 heavy (non-hydrogen) atoms. The Hall–Kier alpha value is -1.21. The SMILES string of the molecule is CC1(CNS(=O)(=O)c2ccc(F)c(N)c2F)CC1. The predicted octanol–water partition coefficient (Wildman–Crippen LogP) is 1.63. The van der Waals surface area contributed by atoms with E-state index in [1.54, 1.807) is 0 Å². The van der Waals surface area contributed by atoms with Gasteiger partial charge in [0.15, 0.2) is 5.82 Å². The first-order chi connectivity index (χ1) is 8.25. The van der Waals surface area contributed by atoms with Crippen molar-refractivity contribution in [3.05, 3.63) is 23.8 Å². The van der Waals surface area contributed by atoms with Crippen LogP contribution in [0, 0.1) is 17.0 Å². The number of rotatable bonds is 4. The van der Waals surface area contributed by atoms with Crippen LogP contribution in [0.3, 0.4) is 0 Å². The summed E-state index contributed by atoms with van der Waals surface area (Å²) in [6, 6.07) is 1.71. The molecule has 0 radical (unpaired) electrons. The molecule has 4 nitrogen and oxygen atoms in total. The van der Waals surface area contributed by atoms with Crippen molar-refractivity contribution < 1.29 is 17.2 Å². The van der Waals surface area contributed by atoms with Crippen molar-refractivity contribution in [2.75, 3.05) is 12.3 Å². The zero-order valence-electron chi connectivity index (χ0n) is 9.83. The molecule has 1 aliphatic carbocycles. The summed E-state index contributed by atoms with van der Waals surface area (Å²) in [7, 11) is -4.00. The molecule has 0 spiro atoms. The lowest BCUT2D eigenvalue weighted by Crippen LogP contribution is -2.30. The van der Waals surface area contributed by atoms with Crippen LogP contribution in [0.1, 0.15) is 19.8 Å². The van der Waals surface area contributed by atoms with Crippen molar-refractivity contribution in [3.63, 3.8) is 0 Å². The monoisotopic (exact) mass is 276 g/mol. The van der Waals surface area contributed by atoms with E-state index in [4.69, 9.17) is 5.73 Å². The van der Waals surface area contributed by atoms with Crippen molar-refractivity contribution in [1.29, 1.82) is 0 Å². The molecule has 7 heteroatoms. The highest BCUT2D eigenvalue weighted by atomic mass is 32.2. The summed E-state index contributed by atoms with van der Waals surface area (Å²) in [4.78, 5) is -0.620. The van der Waals surface area contributed by atoms with E-state index in [9.17, 15) is 17.2 Å². The number of nitrogen functional groups attached to an aromatic ring is 1. The van der Waals surface area contributed by atoms with Gasteiger partial charge in [-0.1, -0.05) is 6.92 Å². The molecule has 0 amide bonds. The molecule has 0 bridgehead atoms. The number of anilines is 1. The molecule has 3 N–H and O–H groups in total. The molecule has 0 heterocycles. The molecule has 0 saturated heterocycles. The normalized spacial score (nSPS) is 17.7. The van der Waals surface area contributed by atoms with E-state index in [-0.39, 0.29) is 12.0 Å². The molecular formula is C11H14F2N2O2S. The zero-order chi connectivity index (χ0) is 13.6. The molecule has 1 aromatic rings. The molecule has 0 unspecified atom stereocenters. The molecule has 0 aliphatic heterocycles. The fourth-order valence-corrected chi connectivity index (χ4v) is 2.78. The van der Waals surface area contributed by atoms with Gasteiger partial charge in [-0.3, -0.25) is 0 Å². The maximum atomic E-state index is 13.6. The summed E-state index contributed by atoms with van der Waals surface area (Å²) < 4.78 is 52.6. The average molecular weight is 276 g/mol. The second kappa shape index (κ2) is 4.17. The van der Waals surface area contributed by atoms with E-state index in [0.717, 1.165) is 25.0 Å². The number of nitrogens with two attached hydrogens (primary N) is 1. The van der Waals surface area contributed by atoms with Crippen LogP contribution in [0.15, 0.2) is 17.0 Å². The van der Waals surface area contributed by atoms with Crippen LogP contribution in [0.4, 0.5) is 14.5 Å². The highest BCUT2D eigenvalue weighted by Gasteiger charge is 2.38. The van der Waals surface area contributed by atoms with Crippen LogP contribution in [0.25, 0.3) is 0 Å². The van der Waals surface area contributed by atoms with E-state index >= 15 is 0 Å². The first-order valence-electron chi connectivity index (χ1n) is 5.48. The van der Waals surface area contributed by atoms with Gasteiger partial charge in [0.25, 0.3) is 0 Å². The van der Waals surface area contributed by atoms with Crippen molar-refractivity contribution in [1.82, 2.24) is 4.72 Å². The Balaban J connectivity index is 2.27. The van der Waals surface area contributed by atoms with E-state index in [1.807, 2.05) is 6.92 Å². The number of nitrogens with one attached hydrogen (secondary N) is 1. The maximum absolute atomic E-state index is 13.6. The lowest BCUT2D eigenvalue weighted by atomic mass is 10.2. The van der Waals surface area contributed by atoms with E-state index in [0.29, 0.717) is 0 Å². The summed E-state index contributed by atoms with van der Waals surface area (Å²) in [5.74, 6) is -2.22. The molecule has 0 aromatic heterocycles. The second-order valence-corrected chi connectivity index (χ2v) is 6.64. The Morgan fingerprint density at radius 3 is 2.56 bits per heavy atom. The Bertz CT molecular complexity index is 583. The molecule has 1 aromatic carbocycles. The minimum atomic E-state index is -4.00. The minimum Gasteiger partial charge on any atom is -0.394 e. The predicted molar refractivity (Wildman–Crippen MR) is 63.3 cm³/mol. The van der Waals surface area contributed by atoms with Crippen LogP contribution >= 0.6 is 0 Å². The summed E-state index contributed by atoms with van der Waals surface area (Å²) in [5.41, 5.74) is 4.30. The highest BCUT2D eigenvalue weighted by Crippen LogP contribution is 2.44. The quantitative estimate of drug-likeness (QED) is 0.821. The first kappa shape index (κ1) is 13.2. The van der Waals surface area contributed by atoms with Crippen molar-refractivity contribution in [2.45, 2.75) is 24.7 Å². The summed E-state index contributed by atoms with van der Waals surface area (Å²) >= 11 is 0. The average Bonchev–Trinajstić information content (AvgIpc) is 3.02. The van der Waals surface area contributed by atoms with Gasteiger partial charge in [-0.2, -0.15) is 0 Å². The van der Waals surface area contributed by atoms with Crippen LogP contribution in [-0.4, -0.2) is 15.0 Å². The van der Waals surface area contributed by atoms with Gasteiger partial charge in [-0.25, -0.2) is 21.9 Å². The van der Waals surface area contributed by atoms with Crippen molar-refractivity contribution in [2.24, 2.45) is 5.41 Å². The smallest absolute Gasteiger partial charge is 0.243 e. The lowest BCUT2D eigenvalue weighted by molar-refractivity contribution is 0.520. The number of halogens is 2. The molecule has 2 rings (SSSR count). The van der Waals surface area contributed by atoms with Crippen LogP contribution in [0.5, 0.6) is 0 Å². The van der Waals surface area contributed by atoms with E-state index in [1.165, 1.54) is 0 Å². The largest absolute Gasteiger partial charge is 0.394 e. The standard InChI is InChI=1S/C11H14F2N2O2S/c1-11(4-5-11)6-15-18(16,17)8-3-2-7(12)10(14)9(8)13/h2-3,15H,4-6,14H2,1H3. The van der Waals surface area contributed by atoms with Gasteiger partial charge >= 0.3 is 0 Å². The Kier molecular flexibility index (Phi) is 3.06. The van der Waals surface area contributed by atoms with Gasteiger partial charge in [0.1, 0.15) is 16.4 Å². The Morgan fingerprint density at radius 1 is 1.39 bits per heavy atom. The molecule has 1 aliphatic rings. The van der Waals surface area contributed by atoms with Gasteiger partial charge in [0.2, 0.25) is 10.0 Å². The van der Waals surface area contributed by atoms with Gasteiger partial charge < -0.3 is 5.73 Å². The maximum Gasteiger partial charge on any atom is 0.243 e. The minimum absolute atomic E-state index is 0.0465. The van der Waals surface area contributed by atoms with E-state index < -0.39 is 32.2 Å². The third kappa shape index (κ3) is 2.46. The fourth-order valence-electron chi connectivity index (χ4n) is 1.49. The summed E-state index contributed by atoms with van der Waals surface area (Å²) in [6.07, 6.45) is 1.87. The zero-order valence-corrected chi connectivity index (χ0v) is 10.7. The fraction of sp³-hybridized carbons (Fsp3) is 0.455. The number of benzene rings is 1. The lowest BCUT2D eigenvalue weighted by Gasteiger charge is -2.12. The molecule has 1 saturated carbocycles.